The number of aryl methyl sites for hydroxylation is 1. The third-order valence-corrected chi connectivity index (χ3v) is 8.11. The summed E-state index contributed by atoms with van der Waals surface area (Å²) in [4.78, 5) is 26.8. The summed E-state index contributed by atoms with van der Waals surface area (Å²) < 4.78 is 1.68. The number of nitrogens with zero attached hydrogens (tertiary/aromatic N) is 4. The van der Waals surface area contributed by atoms with Crippen molar-refractivity contribution < 1.29 is 0 Å². The van der Waals surface area contributed by atoms with Crippen LogP contribution in [0.3, 0.4) is 0 Å². The SMILES string of the molecule is CCCCCCCc1c(C(C)C)nc2c(=Nc3ccc(N(CC)CC)cc3C)/c(=C(/CC)CCCC)[nH]n2c1=O. The summed E-state index contributed by atoms with van der Waals surface area (Å²) in [6, 6.07) is 6.49. The molecule has 0 bridgehead atoms. The van der Waals surface area contributed by atoms with E-state index in [1.165, 1.54) is 30.5 Å². The molecule has 1 aromatic carbocycles. The summed E-state index contributed by atoms with van der Waals surface area (Å²) in [6.07, 6.45) is 10.8. The number of fused-ring (bicyclic) bond motifs is 1. The zero-order valence-electron chi connectivity index (χ0n) is 26.5. The van der Waals surface area contributed by atoms with Crippen LogP contribution in [0, 0.1) is 6.92 Å². The maximum Gasteiger partial charge on any atom is 0.276 e. The minimum Gasteiger partial charge on any atom is -0.372 e. The van der Waals surface area contributed by atoms with Gasteiger partial charge in [0.15, 0.2) is 5.65 Å². The highest BCUT2D eigenvalue weighted by atomic mass is 16.1. The van der Waals surface area contributed by atoms with Crippen LogP contribution in [0.25, 0.3) is 11.2 Å². The quantitative estimate of drug-likeness (QED) is 0.200. The Labute approximate surface area is 241 Å². The first-order valence-electron chi connectivity index (χ1n) is 15.9. The van der Waals surface area contributed by atoms with E-state index >= 15 is 0 Å². The fourth-order valence-corrected chi connectivity index (χ4v) is 5.62. The van der Waals surface area contributed by atoms with Crippen LogP contribution < -0.4 is 21.2 Å². The fourth-order valence-electron chi connectivity index (χ4n) is 5.62. The second kappa shape index (κ2) is 15.2. The molecule has 6 heteroatoms. The van der Waals surface area contributed by atoms with Gasteiger partial charge < -0.3 is 4.90 Å². The van der Waals surface area contributed by atoms with Crippen LogP contribution in [0.5, 0.6) is 0 Å². The lowest BCUT2D eigenvalue weighted by Gasteiger charge is -2.21. The molecule has 0 aliphatic heterocycles. The molecule has 0 saturated carbocycles. The third-order valence-electron chi connectivity index (χ3n) is 8.11. The number of H-pyrrole nitrogens is 1. The molecule has 0 saturated heterocycles. The Hall–Kier alpha value is -2.89. The van der Waals surface area contributed by atoms with Gasteiger partial charge in [0.1, 0.15) is 5.36 Å². The average Bonchev–Trinajstić information content (AvgIpc) is 3.30. The molecule has 0 aliphatic rings. The maximum absolute atomic E-state index is 14.0. The first-order chi connectivity index (χ1) is 19.3. The summed E-state index contributed by atoms with van der Waals surface area (Å²) in [6.45, 7) is 19.4. The molecule has 40 heavy (non-hydrogen) atoms. The van der Waals surface area contributed by atoms with Crippen LogP contribution in [0.2, 0.25) is 0 Å². The topological polar surface area (TPSA) is 65.8 Å². The first-order valence-corrected chi connectivity index (χ1v) is 15.9. The Morgan fingerprint density at radius 1 is 1.00 bits per heavy atom. The van der Waals surface area contributed by atoms with Crippen molar-refractivity contribution in [3.8, 4) is 0 Å². The van der Waals surface area contributed by atoms with Crippen molar-refractivity contribution in [3.63, 3.8) is 0 Å². The zero-order valence-corrected chi connectivity index (χ0v) is 26.5. The average molecular weight is 548 g/mol. The molecule has 220 valence electrons. The molecule has 2 aromatic heterocycles. The van der Waals surface area contributed by atoms with Crippen molar-refractivity contribution in [1.82, 2.24) is 14.6 Å². The molecular weight excluding hydrogens is 494 g/mol. The van der Waals surface area contributed by atoms with Crippen LogP contribution in [0.1, 0.15) is 129 Å². The van der Waals surface area contributed by atoms with Crippen LogP contribution >= 0.6 is 0 Å². The van der Waals surface area contributed by atoms with Crippen molar-refractivity contribution in [2.75, 3.05) is 18.0 Å². The predicted molar refractivity (Wildman–Crippen MR) is 171 cm³/mol. The number of aromatic nitrogens is 3. The predicted octanol–water partition coefficient (Wildman–Crippen LogP) is 7.52. The van der Waals surface area contributed by atoms with E-state index in [2.05, 4.69) is 83.6 Å². The van der Waals surface area contributed by atoms with Gasteiger partial charge in [-0.2, -0.15) is 4.52 Å². The van der Waals surface area contributed by atoms with Crippen LogP contribution in [0.15, 0.2) is 28.0 Å². The van der Waals surface area contributed by atoms with E-state index in [0.29, 0.717) is 5.65 Å². The van der Waals surface area contributed by atoms with Crippen LogP contribution in [-0.4, -0.2) is 27.7 Å². The van der Waals surface area contributed by atoms with Crippen molar-refractivity contribution in [2.24, 2.45) is 4.99 Å². The van der Waals surface area contributed by atoms with Crippen molar-refractivity contribution >= 4 is 22.6 Å². The van der Waals surface area contributed by atoms with Gasteiger partial charge in [-0.05, 0) is 88.1 Å². The lowest BCUT2D eigenvalue weighted by atomic mass is 9.99. The molecule has 3 rings (SSSR count). The molecule has 0 radical (unpaired) electrons. The normalized spacial score (nSPS) is 13.1. The molecule has 6 nitrogen and oxygen atoms in total. The van der Waals surface area contributed by atoms with E-state index in [0.717, 1.165) is 91.2 Å². The van der Waals surface area contributed by atoms with Crippen molar-refractivity contribution in [2.45, 2.75) is 126 Å². The van der Waals surface area contributed by atoms with Crippen molar-refractivity contribution in [1.29, 1.82) is 0 Å². The molecule has 0 atom stereocenters. The molecule has 3 aromatic rings. The number of anilines is 1. The highest BCUT2D eigenvalue weighted by Crippen LogP contribution is 2.25. The minimum absolute atomic E-state index is 0.0337. The van der Waals surface area contributed by atoms with Gasteiger partial charge in [0.05, 0.1) is 16.7 Å². The molecule has 2 heterocycles. The van der Waals surface area contributed by atoms with Gasteiger partial charge in [-0.3, -0.25) is 9.89 Å². The first kappa shape index (κ1) is 31.6. The van der Waals surface area contributed by atoms with E-state index in [1.54, 1.807) is 4.52 Å². The van der Waals surface area contributed by atoms with Gasteiger partial charge in [0.25, 0.3) is 5.56 Å². The number of rotatable bonds is 15. The van der Waals surface area contributed by atoms with Crippen LogP contribution in [-0.2, 0) is 6.42 Å². The number of hydrogen-bond donors (Lipinski definition) is 1. The lowest BCUT2D eigenvalue weighted by molar-refractivity contribution is 0.623. The zero-order chi connectivity index (χ0) is 29.2. The van der Waals surface area contributed by atoms with E-state index in [4.69, 9.17) is 9.98 Å². The minimum atomic E-state index is 0.0337. The van der Waals surface area contributed by atoms with E-state index in [9.17, 15) is 4.79 Å². The maximum atomic E-state index is 14.0. The fraction of sp³-hybridized carbons (Fsp3) is 0.618. The number of unbranched alkanes of at least 4 members (excludes halogenated alkanes) is 5. The third kappa shape index (κ3) is 7.24. The molecule has 1 N–H and O–H groups in total. The second-order valence-electron chi connectivity index (χ2n) is 11.4. The summed E-state index contributed by atoms with van der Waals surface area (Å²) in [5.41, 5.74) is 7.01. The Bertz CT molecular complexity index is 1430. The summed E-state index contributed by atoms with van der Waals surface area (Å²) >= 11 is 0. The van der Waals surface area contributed by atoms with Crippen LogP contribution in [0.4, 0.5) is 11.4 Å². The largest absolute Gasteiger partial charge is 0.372 e. The van der Waals surface area contributed by atoms with Gasteiger partial charge in [-0.25, -0.2) is 9.98 Å². The molecule has 0 fully saturated rings. The summed E-state index contributed by atoms with van der Waals surface area (Å²) in [5.74, 6) is 0.166. The summed E-state index contributed by atoms with van der Waals surface area (Å²) in [7, 11) is 0. The van der Waals surface area contributed by atoms with E-state index in [1.807, 2.05) is 0 Å². The molecule has 0 amide bonds. The number of nitrogens with one attached hydrogen (secondary N) is 1. The molecule has 0 unspecified atom stereocenters. The Balaban J connectivity index is 2.30. The monoisotopic (exact) mass is 547 g/mol. The molecule has 0 spiro atoms. The molecule has 0 aliphatic carbocycles. The van der Waals surface area contributed by atoms with Gasteiger partial charge in [-0.15, -0.1) is 0 Å². The Kier molecular flexibility index (Phi) is 12.0. The van der Waals surface area contributed by atoms with E-state index < -0.39 is 0 Å². The van der Waals surface area contributed by atoms with Gasteiger partial charge >= 0.3 is 0 Å². The smallest absolute Gasteiger partial charge is 0.276 e. The standard InChI is InChI=1S/C34H53N5O/c1-9-14-16-17-18-20-28-30(24(6)7)36-33-32(31(37-39(33)34(28)40)26(11-3)19-15-10-2)35-29-22-21-27(23-25(29)8)38(12-4)13-5/h21-24,37H,9-20H2,1-8H3/b31-26+,35-32?. The number of hydrogen-bond acceptors (Lipinski definition) is 4. The Morgan fingerprint density at radius 2 is 1.70 bits per heavy atom. The molecular formula is C34H53N5O. The second-order valence-corrected chi connectivity index (χ2v) is 11.4. The Morgan fingerprint density at radius 3 is 2.30 bits per heavy atom. The lowest BCUT2D eigenvalue weighted by Crippen LogP contribution is -2.26. The van der Waals surface area contributed by atoms with E-state index in [-0.39, 0.29) is 11.5 Å². The highest BCUT2D eigenvalue weighted by molar-refractivity contribution is 5.59. The van der Waals surface area contributed by atoms with Gasteiger partial charge in [0.2, 0.25) is 0 Å². The van der Waals surface area contributed by atoms with Gasteiger partial charge in [-0.1, -0.05) is 66.7 Å². The van der Waals surface area contributed by atoms with Gasteiger partial charge in [0, 0.05) is 24.3 Å². The summed E-state index contributed by atoms with van der Waals surface area (Å²) in [5, 5.41) is 5.25. The van der Waals surface area contributed by atoms with Crippen molar-refractivity contribution in [3.05, 3.63) is 56.1 Å². The number of aromatic amines is 1. The number of benzene rings is 1. The highest BCUT2D eigenvalue weighted by Gasteiger charge is 2.19.